The molecule has 64 valence electrons. The Morgan fingerprint density at radius 3 is 2.00 bits per heavy atom. The van der Waals surface area contributed by atoms with Gasteiger partial charge in [-0.05, 0) is 12.8 Å². The van der Waals surface area contributed by atoms with Crippen LogP contribution < -0.4 is 0 Å². The van der Waals surface area contributed by atoms with Crippen molar-refractivity contribution in [3.05, 3.63) is 0 Å². The molecule has 2 N–H and O–H groups in total. The Morgan fingerprint density at radius 2 is 1.64 bits per heavy atom. The molecule has 0 heterocycles. The van der Waals surface area contributed by atoms with E-state index in [0.717, 1.165) is 0 Å². The van der Waals surface area contributed by atoms with Crippen LogP contribution in [-0.4, -0.2) is 60.0 Å². The van der Waals surface area contributed by atoms with Gasteiger partial charge in [-0.2, -0.15) is 8.42 Å². The van der Waals surface area contributed by atoms with Gasteiger partial charge in [-0.1, -0.05) is 6.42 Å². The summed E-state index contributed by atoms with van der Waals surface area (Å²) in [5, 5.41) is 8.28. The van der Waals surface area contributed by atoms with Crippen molar-refractivity contribution in [1.29, 1.82) is 0 Å². The average Bonchev–Trinajstić information content (AvgIpc) is 1.78. The topological polar surface area (TPSA) is 74.6 Å². The Labute approximate surface area is 89.0 Å². The van der Waals surface area contributed by atoms with Crippen molar-refractivity contribution in [2.24, 2.45) is 0 Å². The zero-order valence-electron chi connectivity index (χ0n) is 5.65. The molecular formula is C5H13NaO4S. The summed E-state index contributed by atoms with van der Waals surface area (Å²) >= 11 is 0. The Kier molecular flexibility index (Phi) is 9.84. The second kappa shape index (κ2) is 7.52. The van der Waals surface area contributed by atoms with Crippen molar-refractivity contribution in [1.82, 2.24) is 0 Å². The molecule has 0 spiro atoms. The van der Waals surface area contributed by atoms with E-state index >= 15 is 0 Å². The van der Waals surface area contributed by atoms with Crippen LogP contribution in [0.25, 0.3) is 0 Å². The fourth-order valence-electron chi connectivity index (χ4n) is 0.573. The van der Waals surface area contributed by atoms with Gasteiger partial charge in [0.1, 0.15) is 0 Å². The molecule has 0 bridgehead atoms. The van der Waals surface area contributed by atoms with Crippen LogP contribution >= 0.6 is 0 Å². The van der Waals surface area contributed by atoms with Crippen molar-refractivity contribution in [2.45, 2.75) is 19.3 Å². The quantitative estimate of drug-likeness (QED) is 0.346. The number of aliphatic hydroxyl groups excluding tert-OH is 1. The van der Waals surface area contributed by atoms with E-state index in [4.69, 9.17) is 9.66 Å². The number of hydrogen-bond acceptors (Lipinski definition) is 3. The van der Waals surface area contributed by atoms with E-state index in [1.165, 1.54) is 0 Å². The molecule has 0 fully saturated rings. The first-order valence-electron chi connectivity index (χ1n) is 3.12. The van der Waals surface area contributed by atoms with E-state index in [2.05, 4.69) is 0 Å². The summed E-state index contributed by atoms with van der Waals surface area (Å²) in [5.74, 6) is -0.201. The maximum atomic E-state index is 10.1. The first-order valence-corrected chi connectivity index (χ1v) is 4.73. The Hall–Kier alpha value is 0.870. The maximum absolute atomic E-state index is 10.1. The zero-order chi connectivity index (χ0) is 8.04. The van der Waals surface area contributed by atoms with Crippen LogP contribution in [0.4, 0.5) is 0 Å². The third kappa shape index (κ3) is 13.8. The molecule has 0 unspecified atom stereocenters. The Bertz CT molecular complexity index is 165. The number of unbranched alkanes of at least 4 members (excludes halogenated alkanes) is 2. The van der Waals surface area contributed by atoms with Gasteiger partial charge in [0.05, 0.1) is 5.75 Å². The van der Waals surface area contributed by atoms with Gasteiger partial charge in [0.2, 0.25) is 0 Å². The van der Waals surface area contributed by atoms with Crippen LogP contribution in [-0.2, 0) is 10.1 Å². The first kappa shape index (κ1) is 14.4. The molecule has 4 nitrogen and oxygen atoms in total. The van der Waals surface area contributed by atoms with Crippen LogP contribution in [0.15, 0.2) is 0 Å². The summed E-state index contributed by atoms with van der Waals surface area (Å²) < 4.78 is 28.4. The number of rotatable bonds is 5. The average molecular weight is 192 g/mol. The second-order valence-corrected chi connectivity index (χ2v) is 3.64. The van der Waals surface area contributed by atoms with Gasteiger partial charge in [-0.3, -0.25) is 4.55 Å². The van der Waals surface area contributed by atoms with E-state index in [1.54, 1.807) is 0 Å². The van der Waals surface area contributed by atoms with E-state index < -0.39 is 10.1 Å². The van der Waals surface area contributed by atoms with Crippen molar-refractivity contribution in [2.75, 3.05) is 12.4 Å². The second-order valence-electron chi connectivity index (χ2n) is 2.07. The molecule has 0 saturated heterocycles. The van der Waals surface area contributed by atoms with E-state index in [1.807, 2.05) is 0 Å². The van der Waals surface area contributed by atoms with E-state index in [9.17, 15) is 8.42 Å². The molecule has 0 rings (SSSR count). The normalized spacial score (nSPS) is 10.7. The molecule has 0 aliphatic heterocycles. The third-order valence-corrected chi connectivity index (χ3v) is 1.86. The third-order valence-electron chi connectivity index (χ3n) is 1.06. The summed E-state index contributed by atoms with van der Waals surface area (Å²) in [6.07, 6.45) is 1.64. The fourth-order valence-corrected chi connectivity index (χ4v) is 1.14. The van der Waals surface area contributed by atoms with Gasteiger partial charge < -0.3 is 5.11 Å². The van der Waals surface area contributed by atoms with Crippen LogP contribution in [0.5, 0.6) is 0 Å². The van der Waals surface area contributed by atoms with Crippen molar-refractivity contribution in [3.63, 3.8) is 0 Å². The molecule has 0 aromatic carbocycles. The van der Waals surface area contributed by atoms with Crippen LogP contribution in [0, 0.1) is 0 Å². The van der Waals surface area contributed by atoms with Crippen molar-refractivity contribution in [3.8, 4) is 0 Å². The Morgan fingerprint density at radius 1 is 1.09 bits per heavy atom. The summed E-state index contributed by atoms with van der Waals surface area (Å²) in [6.45, 7) is 0.0749. The molecule has 0 radical (unpaired) electrons. The standard InChI is InChI=1S/C5H12O4S.Na.H/c6-4-2-1-3-5-10(7,8)9;;/h6H,1-5H2,(H,7,8,9);;. The molecule has 0 aromatic rings. The van der Waals surface area contributed by atoms with E-state index in [-0.39, 0.29) is 41.9 Å². The summed E-state index contributed by atoms with van der Waals surface area (Å²) in [4.78, 5) is 0. The first-order chi connectivity index (χ1) is 4.56. The predicted octanol–water partition coefficient (Wildman–Crippen LogP) is -0.612. The van der Waals surface area contributed by atoms with Gasteiger partial charge in [-0.25, -0.2) is 0 Å². The monoisotopic (exact) mass is 192 g/mol. The predicted molar refractivity (Wildman–Crippen MR) is 44.5 cm³/mol. The van der Waals surface area contributed by atoms with Gasteiger partial charge in [0.15, 0.2) is 0 Å². The minimum atomic E-state index is -3.79. The van der Waals surface area contributed by atoms with Crippen LogP contribution in [0.2, 0.25) is 0 Å². The van der Waals surface area contributed by atoms with Crippen LogP contribution in [0.1, 0.15) is 19.3 Å². The molecule has 0 aliphatic carbocycles. The van der Waals surface area contributed by atoms with E-state index in [0.29, 0.717) is 19.3 Å². The fraction of sp³-hybridized carbons (Fsp3) is 1.00. The van der Waals surface area contributed by atoms with Gasteiger partial charge in [0.25, 0.3) is 10.1 Å². The molecule has 6 heteroatoms. The summed E-state index contributed by atoms with van der Waals surface area (Å²) in [6, 6.07) is 0. The van der Waals surface area contributed by atoms with Crippen molar-refractivity contribution >= 4 is 39.7 Å². The molecule has 0 amide bonds. The number of aliphatic hydroxyl groups is 1. The van der Waals surface area contributed by atoms with Gasteiger partial charge in [0, 0.05) is 6.61 Å². The molecule has 0 atom stereocenters. The van der Waals surface area contributed by atoms with Gasteiger partial charge >= 0.3 is 29.6 Å². The summed E-state index contributed by atoms with van der Waals surface area (Å²) in [5.41, 5.74) is 0. The number of hydrogen-bond donors (Lipinski definition) is 2. The molecule has 0 aliphatic rings. The Balaban J connectivity index is 0. The zero-order valence-corrected chi connectivity index (χ0v) is 6.47. The molecule has 0 saturated carbocycles. The minimum absolute atomic E-state index is 0. The van der Waals surface area contributed by atoms with Crippen LogP contribution in [0.3, 0.4) is 0 Å². The summed E-state index contributed by atoms with van der Waals surface area (Å²) in [7, 11) is -3.79. The molecular weight excluding hydrogens is 179 g/mol. The SMILES string of the molecule is O=S(=O)(O)CCCCCO.[NaH]. The molecule has 11 heavy (non-hydrogen) atoms. The molecule has 0 aromatic heterocycles. The van der Waals surface area contributed by atoms with Gasteiger partial charge in [-0.15, -0.1) is 0 Å². The van der Waals surface area contributed by atoms with Crippen molar-refractivity contribution < 1.29 is 18.1 Å².